The maximum atomic E-state index is 16.6. The standard InChI is InChI=1S/C46H44BrF2N5O5S/c1-4-46(2,3)58-24-20-42(32-11-10-12-33(47)26-32)52-21-19-41(51-52)38-27-34(16-17-39(38)48)59-45-37(25-31-29-50-53(30-31)44-15-8-9-23-57-44)36-18-22-54(43(36)28-40(45)49)60(55,56)35-13-6-5-7-14-35/h4-7,10-14,16-19,21-22,26-30,42,44H,1,8-9,15,20,23-25H2,2-3H3. The molecule has 60 heavy (non-hydrogen) atoms. The molecule has 0 spiro atoms. The first-order valence-electron chi connectivity index (χ1n) is 19.7. The molecule has 10 nitrogen and oxygen atoms in total. The Morgan fingerprint density at radius 1 is 1.00 bits per heavy atom. The average molecular weight is 897 g/mol. The van der Waals surface area contributed by atoms with Crippen molar-refractivity contribution in [3.63, 3.8) is 0 Å². The lowest BCUT2D eigenvalue weighted by molar-refractivity contribution is -0.0395. The van der Waals surface area contributed by atoms with Crippen molar-refractivity contribution in [2.24, 2.45) is 0 Å². The third-order valence-corrected chi connectivity index (χ3v) is 12.9. The minimum atomic E-state index is -4.08. The molecule has 8 rings (SSSR count). The van der Waals surface area contributed by atoms with Gasteiger partial charge in [0.25, 0.3) is 10.0 Å². The molecule has 0 radical (unpaired) electrons. The Bertz CT molecular complexity index is 2760. The van der Waals surface area contributed by atoms with E-state index in [1.807, 2.05) is 44.3 Å². The molecule has 310 valence electrons. The minimum Gasteiger partial charge on any atom is -0.454 e. The van der Waals surface area contributed by atoms with Gasteiger partial charge < -0.3 is 14.2 Å². The van der Waals surface area contributed by atoms with Crippen LogP contribution in [0.15, 0.2) is 138 Å². The van der Waals surface area contributed by atoms with Gasteiger partial charge in [-0.05, 0) is 105 Å². The molecule has 1 fully saturated rings. The van der Waals surface area contributed by atoms with E-state index in [4.69, 9.17) is 19.3 Å². The van der Waals surface area contributed by atoms with E-state index in [-0.39, 0.29) is 46.2 Å². The predicted octanol–water partition coefficient (Wildman–Crippen LogP) is 11.0. The molecule has 1 saturated heterocycles. The number of rotatable bonds is 15. The van der Waals surface area contributed by atoms with Gasteiger partial charge in [0, 0.05) is 58.7 Å². The van der Waals surface area contributed by atoms with Crippen molar-refractivity contribution in [3.8, 4) is 22.8 Å². The minimum absolute atomic E-state index is 0.0627. The first kappa shape index (κ1) is 41.3. The van der Waals surface area contributed by atoms with Crippen LogP contribution < -0.4 is 4.74 Å². The summed E-state index contributed by atoms with van der Waals surface area (Å²) < 4.78 is 83.9. The van der Waals surface area contributed by atoms with Gasteiger partial charge in [0.2, 0.25) is 0 Å². The summed E-state index contributed by atoms with van der Waals surface area (Å²) in [7, 11) is -4.08. The van der Waals surface area contributed by atoms with Gasteiger partial charge in [0.15, 0.2) is 11.6 Å². The van der Waals surface area contributed by atoms with Crippen LogP contribution in [0.4, 0.5) is 8.78 Å². The van der Waals surface area contributed by atoms with E-state index in [0.717, 1.165) is 44.9 Å². The number of hydrogen-bond donors (Lipinski definition) is 0. The predicted molar refractivity (Wildman–Crippen MR) is 230 cm³/mol. The SMILES string of the molecule is C=CC(C)(C)OCCC(c1cccc(Br)c1)n1ccc(-c2cc(Oc3c(F)cc4c(ccn4S(=O)(=O)c4ccccc4)c3Cc3cnn(C4CCCCO4)c3)ccc2F)n1. The van der Waals surface area contributed by atoms with Gasteiger partial charge in [0.05, 0.1) is 40.6 Å². The number of ether oxygens (including phenoxy) is 3. The summed E-state index contributed by atoms with van der Waals surface area (Å²) >= 11 is 3.58. The number of hydrogen-bond acceptors (Lipinski definition) is 7. The van der Waals surface area contributed by atoms with Gasteiger partial charge in [0.1, 0.15) is 17.8 Å². The molecular formula is C46H44BrF2N5O5S. The van der Waals surface area contributed by atoms with Crippen LogP contribution in [0.5, 0.6) is 11.5 Å². The smallest absolute Gasteiger partial charge is 0.268 e. The van der Waals surface area contributed by atoms with Crippen LogP contribution in [0.1, 0.15) is 68.5 Å². The Labute approximate surface area is 356 Å². The zero-order chi connectivity index (χ0) is 42.0. The summed E-state index contributed by atoms with van der Waals surface area (Å²) in [5.41, 5.74) is 2.25. The third-order valence-electron chi connectivity index (χ3n) is 10.7. The molecule has 4 aromatic carbocycles. The maximum Gasteiger partial charge on any atom is 0.268 e. The van der Waals surface area contributed by atoms with Crippen molar-refractivity contribution < 1.29 is 31.4 Å². The second-order valence-corrected chi connectivity index (χ2v) is 18.0. The summed E-state index contributed by atoms with van der Waals surface area (Å²) in [6.45, 7) is 8.81. The van der Waals surface area contributed by atoms with E-state index in [0.29, 0.717) is 36.3 Å². The molecular weight excluding hydrogens is 853 g/mol. The quantitative estimate of drug-likeness (QED) is 0.0945. The average Bonchev–Trinajstić information content (AvgIpc) is 4.03. The summed E-state index contributed by atoms with van der Waals surface area (Å²) in [6.07, 6.45) is 11.8. The first-order chi connectivity index (χ1) is 28.9. The second kappa shape index (κ2) is 17.3. The van der Waals surface area contributed by atoms with Crippen molar-refractivity contribution in [1.82, 2.24) is 23.5 Å². The van der Waals surface area contributed by atoms with Gasteiger partial charge >= 0.3 is 0 Å². The maximum absolute atomic E-state index is 16.6. The van der Waals surface area contributed by atoms with Crippen molar-refractivity contribution in [2.75, 3.05) is 13.2 Å². The van der Waals surface area contributed by atoms with Crippen molar-refractivity contribution in [1.29, 1.82) is 0 Å². The number of nitrogens with zero attached hydrogens (tertiary/aromatic N) is 5. The highest BCUT2D eigenvalue weighted by atomic mass is 79.9. The monoisotopic (exact) mass is 895 g/mol. The molecule has 14 heteroatoms. The Kier molecular flexibility index (Phi) is 11.9. The normalized spacial score (nSPS) is 15.3. The molecule has 4 heterocycles. The highest BCUT2D eigenvalue weighted by molar-refractivity contribution is 9.10. The van der Waals surface area contributed by atoms with E-state index < -0.39 is 27.3 Å². The lowest BCUT2D eigenvalue weighted by Crippen LogP contribution is -2.23. The van der Waals surface area contributed by atoms with E-state index in [2.05, 4.69) is 27.6 Å². The van der Waals surface area contributed by atoms with E-state index in [1.54, 1.807) is 58.2 Å². The lowest BCUT2D eigenvalue weighted by atomic mass is 10.0. The van der Waals surface area contributed by atoms with Gasteiger partial charge in [-0.3, -0.25) is 4.68 Å². The Hall–Kier alpha value is -5.41. The highest BCUT2D eigenvalue weighted by Crippen LogP contribution is 2.39. The van der Waals surface area contributed by atoms with Crippen LogP contribution in [0.25, 0.3) is 22.2 Å². The van der Waals surface area contributed by atoms with E-state index in [9.17, 15) is 8.42 Å². The number of fused-ring (bicyclic) bond motifs is 1. The molecule has 0 aliphatic carbocycles. The summed E-state index contributed by atoms with van der Waals surface area (Å²) in [5, 5.41) is 9.85. The molecule has 0 saturated carbocycles. The Balaban J connectivity index is 1.15. The van der Waals surface area contributed by atoms with E-state index >= 15 is 8.78 Å². The van der Waals surface area contributed by atoms with Crippen LogP contribution in [0, 0.1) is 11.6 Å². The summed E-state index contributed by atoms with van der Waals surface area (Å²) in [4.78, 5) is 0.0627. The Morgan fingerprint density at radius 3 is 2.60 bits per heavy atom. The zero-order valence-corrected chi connectivity index (χ0v) is 35.6. The van der Waals surface area contributed by atoms with Crippen molar-refractivity contribution >= 4 is 36.9 Å². The summed E-state index contributed by atoms with van der Waals surface area (Å²) in [6, 6.07) is 24.3. The van der Waals surface area contributed by atoms with Crippen LogP contribution >= 0.6 is 15.9 Å². The van der Waals surface area contributed by atoms with Crippen molar-refractivity contribution in [3.05, 3.63) is 161 Å². The van der Waals surface area contributed by atoms with Crippen LogP contribution in [0.2, 0.25) is 0 Å². The zero-order valence-electron chi connectivity index (χ0n) is 33.2. The second-order valence-electron chi connectivity index (χ2n) is 15.3. The molecule has 0 N–H and O–H groups in total. The number of benzene rings is 4. The molecule has 2 atom stereocenters. The molecule has 3 aromatic heterocycles. The molecule has 0 amide bonds. The number of aromatic nitrogens is 5. The fraction of sp³-hybridized carbons (Fsp3) is 0.261. The fourth-order valence-corrected chi connectivity index (χ4v) is 9.21. The van der Waals surface area contributed by atoms with E-state index in [1.165, 1.54) is 36.5 Å². The molecule has 2 unspecified atom stereocenters. The van der Waals surface area contributed by atoms with Crippen molar-refractivity contribution in [2.45, 2.75) is 68.7 Å². The lowest BCUT2D eigenvalue weighted by Gasteiger charge is -2.24. The topological polar surface area (TPSA) is 102 Å². The van der Waals surface area contributed by atoms with Gasteiger partial charge in [-0.2, -0.15) is 10.2 Å². The number of halogens is 3. The largest absolute Gasteiger partial charge is 0.454 e. The van der Waals surface area contributed by atoms with Gasteiger partial charge in [-0.25, -0.2) is 25.9 Å². The van der Waals surface area contributed by atoms with Gasteiger partial charge in [-0.15, -0.1) is 6.58 Å². The summed E-state index contributed by atoms with van der Waals surface area (Å²) in [5.74, 6) is -1.30. The first-order valence-corrected chi connectivity index (χ1v) is 22.0. The highest BCUT2D eigenvalue weighted by Gasteiger charge is 2.26. The molecule has 0 bridgehead atoms. The fourth-order valence-electron chi connectivity index (χ4n) is 7.43. The molecule has 1 aliphatic rings. The van der Waals surface area contributed by atoms with Crippen LogP contribution in [-0.2, 0) is 25.9 Å². The molecule has 1 aliphatic heterocycles. The third kappa shape index (κ3) is 8.73. The Morgan fingerprint density at radius 2 is 1.83 bits per heavy atom. The molecule has 7 aromatic rings. The van der Waals surface area contributed by atoms with Crippen LogP contribution in [0.3, 0.4) is 0 Å². The van der Waals surface area contributed by atoms with Crippen LogP contribution in [-0.4, -0.2) is 50.8 Å². The van der Waals surface area contributed by atoms with Gasteiger partial charge in [-0.1, -0.05) is 52.3 Å².